The smallest absolute Gasteiger partial charge is 0.310 e. The van der Waals surface area contributed by atoms with Crippen LogP contribution in [0.2, 0.25) is 0 Å². The van der Waals surface area contributed by atoms with Crippen LogP contribution in [-0.2, 0) is 9.59 Å². The van der Waals surface area contributed by atoms with Gasteiger partial charge >= 0.3 is 5.97 Å². The molecule has 1 heterocycles. The molecule has 0 radical (unpaired) electrons. The lowest BCUT2D eigenvalue weighted by molar-refractivity contribution is -0.184. The van der Waals surface area contributed by atoms with Crippen molar-refractivity contribution in [2.75, 3.05) is 0 Å². The van der Waals surface area contributed by atoms with Gasteiger partial charge in [0.25, 0.3) is 0 Å². The van der Waals surface area contributed by atoms with E-state index in [9.17, 15) is 14.7 Å². The van der Waals surface area contributed by atoms with E-state index in [1.165, 1.54) is 5.57 Å². The molecule has 0 aromatic carbocycles. The van der Waals surface area contributed by atoms with Crippen LogP contribution in [0.1, 0.15) is 112 Å². The fraction of sp³-hybridized carbons (Fsp3) is 0.694. The van der Waals surface area contributed by atoms with E-state index >= 15 is 0 Å². The van der Waals surface area contributed by atoms with Crippen molar-refractivity contribution in [2.24, 2.45) is 50.2 Å². The summed E-state index contributed by atoms with van der Waals surface area (Å²) >= 11 is 0. The van der Waals surface area contributed by atoms with Gasteiger partial charge in [0.1, 0.15) is 0 Å². The Bertz CT molecular complexity index is 1310. The molecule has 0 saturated heterocycles. The van der Waals surface area contributed by atoms with Crippen molar-refractivity contribution < 1.29 is 14.7 Å². The van der Waals surface area contributed by atoms with Crippen LogP contribution < -0.4 is 0 Å². The molecule has 0 unspecified atom stereocenters. The normalized spacial score (nSPS) is 44.5. The van der Waals surface area contributed by atoms with Crippen LogP contribution in [0.3, 0.4) is 0 Å². The van der Waals surface area contributed by atoms with Gasteiger partial charge in [-0.2, -0.15) is 0 Å². The predicted molar refractivity (Wildman–Crippen MR) is 159 cm³/mol. The molecule has 4 nitrogen and oxygen atoms in total. The first-order valence-electron chi connectivity index (χ1n) is 15.7. The van der Waals surface area contributed by atoms with Crippen LogP contribution in [0.25, 0.3) is 6.08 Å². The van der Waals surface area contributed by atoms with Gasteiger partial charge in [-0.25, -0.2) is 0 Å². The van der Waals surface area contributed by atoms with Gasteiger partial charge in [-0.3, -0.25) is 14.6 Å². The summed E-state index contributed by atoms with van der Waals surface area (Å²) in [4.78, 5) is 31.4. The Morgan fingerprint density at radius 3 is 2.38 bits per heavy atom. The zero-order valence-corrected chi connectivity index (χ0v) is 25.8. The summed E-state index contributed by atoms with van der Waals surface area (Å²) in [5.41, 5.74) is 2.43. The predicted octanol–water partition coefficient (Wildman–Crippen LogP) is 8.53. The van der Waals surface area contributed by atoms with E-state index in [0.29, 0.717) is 11.8 Å². The first-order chi connectivity index (χ1) is 18.6. The zero-order valence-electron chi connectivity index (χ0n) is 25.8. The van der Waals surface area contributed by atoms with Crippen molar-refractivity contribution in [2.45, 2.75) is 106 Å². The van der Waals surface area contributed by atoms with Crippen LogP contribution in [0.4, 0.5) is 0 Å². The van der Waals surface area contributed by atoms with E-state index in [1.807, 2.05) is 18.2 Å². The third-order valence-corrected chi connectivity index (χ3v) is 13.7. The molecule has 0 spiro atoms. The Morgan fingerprint density at radius 1 is 0.975 bits per heavy atom. The number of rotatable bonds is 2. The lowest BCUT2D eigenvalue weighted by Gasteiger charge is -2.70. The number of carboxylic acid groups (broad SMARTS) is 1. The van der Waals surface area contributed by atoms with E-state index < -0.39 is 16.8 Å². The monoisotopic (exact) mass is 543 g/mol. The standard InChI is InChI=1S/C36H49NO3/c1-31(2)15-17-36(30(39)40)18-16-34(6)25(26(36)22-31)11-12-28-33(5)21-23(20-24-10-8-9-19-37-24)29(38)32(3,4)27(33)13-14-35(28,34)7/h8-11,19-20,26-28H,12-18,21-22H2,1-7H3,(H,39,40)/b23-20-/t26-,27-,28+,33-,34+,35+,36-/m0/s1. The minimum Gasteiger partial charge on any atom is -0.481 e. The van der Waals surface area contributed by atoms with Crippen LogP contribution >= 0.6 is 0 Å². The van der Waals surface area contributed by atoms with Crippen LogP contribution in [0.15, 0.2) is 41.6 Å². The highest BCUT2D eigenvalue weighted by Gasteiger charge is 2.69. The highest BCUT2D eigenvalue weighted by atomic mass is 16.4. The van der Waals surface area contributed by atoms with Gasteiger partial charge in [-0.1, -0.05) is 66.2 Å². The number of allylic oxidation sites excluding steroid dienone is 3. The van der Waals surface area contributed by atoms with Crippen molar-refractivity contribution in [1.29, 1.82) is 0 Å². The van der Waals surface area contributed by atoms with Crippen molar-refractivity contribution in [3.05, 3.63) is 47.3 Å². The number of pyridine rings is 1. The number of hydrogen-bond acceptors (Lipinski definition) is 3. The quantitative estimate of drug-likeness (QED) is 0.300. The van der Waals surface area contributed by atoms with Crippen LogP contribution in [-0.4, -0.2) is 21.8 Å². The van der Waals surface area contributed by atoms with Gasteiger partial charge in [0.05, 0.1) is 11.1 Å². The van der Waals surface area contributed by atoms with Gasteiger partial charge in [0.2, 0.25) is 0 Å². The lowest BCUT2D eigenvalue weighted by atomic mass is 9.33. The second-order valence-corrected chi connectivity index (χ2v) is 16.3. The summed E-state index contributed by atoms with van der Waals surface area (Å²) in [6.07, 6.45) is 14.8. The number of carboxylic acids is 1. The summed E-state index contributed by atoms with van der Waals surface area (Å²) in [6.45, 7) is 16.6. The second-order valence-electron chi connectivity index (χ2n) is 16.3. The molecule has 1 aromatic rings. The molecule has 4 fully saturated rings. The van der Waals surface area contributed by atoms with E-state index in [4.69, 9.17) is 0 Å². The molecule has 0 amide bonds. The minimum atomic E-state index is -0.608. The third kappa shape index (κ3) is 3.59. The van der Waals surface area contributed by atoms with E-state index in [1.54, 1.807) is 6.20 Å². The number of hydrogen-bond donors (Lipinski definition) is 1. The van der Waals surface area contributed by atoms with E-state index in [2.05, 4.69) is 65.6 Å². The molecule has 1 N–H and O–H groups in total. The topological polar surface area (TPSA) is 67.3 Å². The molecule has 6 rings (SSSR count). The Hall–Kier alpha value is -2.23. The molecule has 216 valence electrons. The number of Topliss-reactive ketones (excluding diaryl/α,β-unsaturated/α-hetero) is 1. The maximum absolute atomic E-state index is 13.9. The Kier molecular flexibility index (Phi) is 6.03. The maximum atomic E-state index is 13.9. The van der Waals surface area contributed by atoms with Crippen molar-refractivity contribution >= 4 is 17.8 Å². The largest absolute Gasteiger partial charge is 0.481 e. The first kappa shape index (κ1) is 27.9. The van der Waals surface area contributed by atoms with Crippen molar-refractivity contribution in [3.63, 3.8) is 0 Å². The van der Waals surface area contributed by atoms with Crippen molar-refractivity contribution in [3.8, 4) is 0 Å². The maximum Gasteiger partial charge on any atom is 0.310 e. The number of aliphatic carboxylic acids is 1. The highest BCUT2D eigenvalue weighted by Crippen LogP contribution is 2.75. The fourth-order valence-corrected chi connectivity index (χ4v) is 11.2. The average Bonchev–Trinajstić information content (AvgIpc) is 2.87. The van der Waals surface area contributed by atoms with Gasteiger partial charge in [-0.05, 0) is 121 Å². The summed E-state index contributed by atoms with van der Waals surface area (Å²) < 4.78 is 0. The molecule has 1 aromatic heterocycles. The number of nitrogens with zero attached hydrogens (tertiary/aromatic N) is 1. The summed E-state index contributed by atoms with van der Waals surface area (Å²) in [5, 5.41) is 10.6. The van der Waals surface area contributed by atoms with Crippen LogP contribution in [0.5, 0.6) is 0 Å². The third-order valence-electron chi connectivity index (χ3n) is 13.7. The number of aromatic nitrogens is 1. The number of carbonyl (C=O) groups is 2. The lowest BCUT2D eigenvalue weighted by Crippen LogP contribution is -2.65. The SMILES string of the molecule is CC1(C)CC[C@]2(C(=O)O)CC[C@]3(C)C(=CC[C@@H]4[C@@]5(C)C/C(=C/c6ccccn6)C(=O)C(C)(C)[C@@H]5CC[C@]43C)[C@@H]2C1. The van der Waals surface area contributed by atoms with Gasteiger partial charge < -0.3 is 5.11 Å². The van der Waals surface area contributed by atoms with Crippen LogP contribution in [0, 0.1) is 50.2 Å². The average molecular weight is 544 g/mol. The Morgan fingerprint density at radius 2 is 1.70 bits per heavy atom. The molecular weight excluding hydrogens is 494 g/mol. The minimum absolute atomic E-state index is 0.0107. The number of carbonyl (C=O) groups excluding carboxylic acids is 1. The first-order valence-corrected chi connectivity index (χ1v) is 15.7. The van der Waals surface area contributed by atoms with Gasteiger partial charge in [0.15, 0.2) is 5.78 Å². The van der Waals surface area contributed by atoms with Crippen molar-refractivity contribution in [1.82, 2.24) is 4.98 Å². The van der Waals surface area contributed by atoms with Gasteiger partial charge in [-0.15, -0.1) is 0 Å². The molecule has 5 aliphatic rings. The molecule has 5 aliphatic carbocycles. The fourth-order valence-electron chi connectivity index (χ4n) is 11.2. The number of ketones is 1. The summed E-state index contributed by atoms with van der Waals surface area (Å²) in [7, 11) is 0. The summed E-state index contributed by atoms with van der Waals surface area (Å²) in [6, 6.07) is 5.90. The molecule has 0 bridgehead atoms. The van der Waals surface area contributed by atoms with E-state index in [-0.39, 0.29) is 33.4 Å². The van der Waals surface area contributed by atoms with E-state index in [0.717, 1.165) is 69.1 Å². The molecule has 4 saturated carbocycles. The molecular formula is C36H49NO3. The molecule has 0 aliphatic heterocycles. The Balaban J connectivity index is 1.45. The number of fused-ring (bicyclic) bond motifs is 7. The summed E-state index contributed by atoms with van der Waals surface area (Å²) in [5.74, 6) is 0.618. The molecule has 40 heavy (non-hydrogen) atoms. The highest BCUT2D eigenvalue weighted by molar-refractivity contribution is 6.04. The Labute approximate surface area is 241 Å². The molecule has 4 heteroatoms. The molecule has 7 atom stereocenters. The second kappa shape index (κ2) is 8.65. The van der Waals surface area contributed by atoms with Gasteiger partial charge in [0, 0.05) is 11.6 Å². The zero-order chi connectivity index (χ0) is 28.9.